The van der Waals surface area contributed by atoms with Gasteiger partial charge in [0.15, 0.2) is 0 Å². The van der Waals surface area contributed by atoms with Gasteiger partial charge in [0.1, 0.15) is 17.5 Å². The van der Waals surface area contributed by atoms with Gasteiger partial charge in [-0.15, -0.1) is 0 Å². The summed E-state index contributed by atoms with van der Waals surface area (Å²) in [6.07, 6.45) is 3.58. The van der Waals surface area contributed by atoms with Gasteiger partial charge < -0.3 is 10.5 Å². The van der Waals surface area contributed by atoms with Crippen molar-refractivity contribution in [1.29, 1.82) is 0 Å². The molecule has 2 rings (SSSR count). The predicted octanol–water partition coefficient (Wildman–Crippen LogP) is 0.983. The summed E-state index contributed by atoms with van der Waals surface area (Å²) in [7, 11) is 0. The third-order valence-corrected chi connectivity index (χ3v) is 1.86. The Kier molecular flexibility index (Phi) is 1.88. The third-order valence-electron chi connectivity index (χ3n) is 1.86. The summed E-state index contributed by atoms with van der Waals surface area (Å²) in [6.45, 7) is 0. The molecule has 2 N–H and O–H groups in total. The van der Waals surface area contributed by atoms with E-state index < -0.39 is 0 Å². The molecule has 13 heavy (non-hydrogen) atoms. The summed E-state index contributed by atoms with van der Waals surface area (Å²) in [5.41, 5.74) is 5.86. The Balaban J connectivity index is 2.13. The van der Waals surface area contributed by atoms with Crippen molar-refractivity contribution in [3.05, 3.63) is 23.9 Å². The molecule has 0 radical (unpaired) electrons. The van der Waals surface area contributed by atoms with E-state index >= 15 is 0 Å². The second-order valence-corrected chi connectivity index (χ2v) is 3.04. The zero-order valence-corrected chi connectivity index (χ0v) is 7.06. The molecule has 1 aromatic rings. The van der Waals surface area contributed by atoms with E-state index in [1.54, 1.807) is 18.3 Å². The minimum Gasteiger partial charge on any atom is -0.459 e. The topological polar surface area (TPSA) is 65.2 Å². The first kappa shape index (κ1) is 8.04. The Hall–Kier alpha value is -1.58. The van der Waals surface area contributed by atoms with Gasteiger partial charge in [-0.25, -0.2) is 9.78 Å². The fraction of sp³-hybridized carbons (Fsp3) is 0.333. The van der Waals surface area contributed by atoms with Crippen LogP contribution in [0.3, 0.4) is 0 Å². The van der Waals surface area contributed by atoms with Gasteiger partial charge in [-0.05, 0) is 25.0 Å². The maximum absolute atomic E-state index is 11.4. The third kappa shape index (κ3) is 1.77. The van der Waals surface area contributed by atoms with Crippen LogP contribution in [0.5, 0.6) is 0 Å². The highest BCUT2D eigenvalue weighted by molar-refractivity contribution is 5.94. The van der Waals surface area contributed by atoms with Crippen LogP contribution in [-0.2, 0) is 4.74 Å². The van der Waals surface area contributed by atoms with Crippen LogP contribution in [0.2, 0.25) is 0 Å². The lowest BCUT2D eigenvalue weighted by Gasteiger charge is -2.03. The van der Waals surface area contributed by atoms with Gasteiger partial charge in [0, 0.05) is 6.20 Å². The molecular formula is C9H10N2O2. The number of nitrogens with zero attached hydrogens (tertiary/aromatic N) is 1. The predicted molar refractivity (Wildman–Crippen MR) is 47.1 cm³/mol. The molecule has 0 saturated heterocycles. The van der Waals surface area contributed by atoms with Crippen LogP contribution in [0.4, 0.5) is 5.82 Å². The van der Waals surface area contributed by atoms with Crippen molar-refractivity contribution in [2.75, 3.05) is 5.73 Å². The lowest BCUT2D eigenvalue weighted by atomic mass is 10.2. The van der Waals surface area contributed by atoms with E-state index in [0.29, 0.717) is 5.56 Å². The van der Waals surface area contributed by atoms with E-state index in [1.165, 1.54) is 0 Å². The summed E-state index contributed by atoms with van der Waals surface area (Å²) >= 11 is 0. The van der Waals surface area contributed by atoms with Crippen molar-refractivity contribution < 1.29 is 9.53 Å². The van der Waals surface area contributed by atoms with E-state index in [4.69, 9.17) is 10.5 Å². The van der Waals surface area contributed by atoms with Crippen molar-refractivity contribution in [1.82, 2.24) is 4.98 Å². The molecule has 0 spiro atoms. The second-order valence-electron chi connectivity index (χ2n) is 3.04. The van der Waals surface area contributed by atoms with E-state index in [9.17, 15) is 4.79 Å². The summed E-state index contributed by atoms with van der Waals surface area (Å²) < 4.78 is 5.07. The smallest absolute Gasteiger partial charge is 0.342 e. The van der Waals surface area contributed by atoms with Crippen LogP contribution in [-0.4, -0.2) is 17.1 Å². The molecule has 1 fully saturated rings. The molecular weight excluding hydrogens is 168 g/mol. The van der Waals surface area contributed by atoms with E-state index in [-0.39, 0.29) is 17.9 Å². The maximum Gasteiger partial charge on any atom is 0.342 e. The molecule has 0 atom stereocenters. The molecule has 1 aliphatic rings. The number of esters is 1. The lowest BCUT2D eigenvalue weighted by Crippen LogP contribution is -2.10. The zero-order chi connectivity index (χ0) is 9.26. The maximum atomic E-state index is 11.4. The van der Waals surface area contributed by atoms with Crippen LogP contribution < -0.4 is 5.73 Å². The molecule has 0 unspecified atom stereocenters. The van der Waals surface area contributed by atoms with E-state index in [0.717, 1.165) is 12.8 Å². The van der Waals surface area contributed by atoms with Crippen molar-refractivity contribution in [3.8, 4) is 0 Å². The van der Waals surface area contributed by atoms with Crippen molar-refractivity contribution in [2.24, 2.45) is 0 Å². The van der Waals surface area contributed by atoms with Crippen LogP contribution in [0.15, 0.2) is 18.3 Å². The molecule has 1 saturated carbocycles. The van der Waals surface area contributed by atoms with E-state index in [1.807, 2.05) is 0 Å². The largest absolute Gasteiger partial charge is 0.459 e. The Morgan fingerprint density at radius 2 is 2.38 bits per heavy atom. The normalized spacial score (nSPS) is 15.4. The number of carbonyl (C=O) groups excluding carboxylic acids is 1. The summed E-state index contributed by atoms with van der Waals surface area (Å²) in [5.74, 6) is -0.138. The highest BCUT2D eigenvalue weighted by Gasteiger charge is 2.27. The molecule has 68 valence electrons. The Morgan fingerprint density at radius 3 is 3.00 bits per heavy atom. The number of pyridine rings is 1. The summed E-state index contributed by atoms with van der Waals surface area (Å²) in [5, 5.41) is 0. The quantitative estimate of drug-likeness (QED) is 0.685. The molecule has 1 heterocycles. The summed E-state index contributed by atoms with van der Waals surface area (Å²) in [6, 6.07) is 3.28. The highest BCUT2D eigenvalue weighted by atomic mass is 16.5. The molecule has 0 amide bonds. The molecule has 0 bridgehead atoms. The van der Waals surface area contributed by atoms with E-state index in [2.05, 4.69) is 4.98 Å². The van der Waals surface area contributed by atoms with Gasteiger partial charge in [-0.1, -0.05) is 0 Å². The van der Waals surface area contributed by atoms with Crippen LogP contribution >= 0.6 is 0 Å². The second kappa shape index (κ2) is 3.05. The highest BCUT2D eigenvalue weighted by Crippen LogP contribution is 2.25. The zero-order valence-electron chi connectivity index (χ0n) is 7.06. The number of carbonyl (C=O) groups is 1. The van der Waals surface area contributed by atoms with Crippen molar-refractivity contribution >= 4 is 11.8 Å². The van der Waals surface area contributed by atoms with Crippen molar-refractivity contribution in [2.45, 2.75) is 18.9 Å². The van der Waals surface area contributed by atoms with Gasteiger partial charge in [-0.2, -0.15) is 0 Å². The summed E-state index contributed by atoms with van der Waals surface area (Å²) in [4.78, 5) is 15.2. The van der Waals surface area contributed by atoms with Crippen LogP contribution in [0.1, 0.15) is 23.2 Å². The number of hydrogen-bond donors (Lipinski definition) is 1. The molecule has 4 heteroatoms. The molecule has 0 aromatic carbocycles. The Labute approximate surface area is 75.7 Å². The van der Waals surface area contributed by atoms with Crippen LogP contribution in [0.25, 0.3) is 0 Å². The molecule has 1 aliphatic carbocycles. The van der Waals surface area contributed by atoms with Crippen molar-refractivity contribution in [3.63, 3.8) is 0 Å². The number of rotatable bonds is 2. The number of nitrogen functional groups attached to an aromatic ring is 1. The monoisotopic (exact) mass is 178 g/mol. The fourth-order valence-corrected chi connectivity index (χ4v) is 0.991. The molecule has 1 aromatic heterocycles. The SMILES string of the molecule is Nc1ncccc1C(=O)OC1CC1. The first-order chi connectivity index (χ1) is 6.27. The Morgan fingerprint density at radius 1 is 1.62 bits per heavy atom. The van der Waals surface area contributed by atoms with Gasteiger partial charge in [-0.3, -0.25) is 0 Å². The first-order valence-electron chi connectivity index (χ1n) is 4.19. The molecule has 4 nitrogen and oxygen atoms in total. The number of anilines is 1. The van der Waals surface area contributed by atoms with Gasteiger partial charge in [0.2, 0.25) is 0 Å². The van der Waals surface area contributed by atoms with Gasteiger partial charge >= 0.3 is 5.97 Å². The molecule has 0 aliphatic heterocycles. The average molecular weight is 178 g/mol. The van der Waals surface area contributed by atoms with Gasteiger partial charge in [0.05, 0.1) is 0 Å². The Bertz CT molecular complexity index is 334. The minimum atomic E-state index is -0.367. The number of nitrogens with two attached hydrogens (primary N) is 1. The number of aromatic nitrogens is 1. The number of ether oxygens (including phenoxy) is 1. The van der Waals surface area contributed by atoms with Crippen LogP contribution in [0, 0.1) is 0 Å². The lowest BCUT2D eigenvalue weighted by molar-refractivity contribution is 0.0473. The average Bonchev–Trinajstić information content (AvgIpc) is 2.89. The fourth-order valence-electron chi connectivity index (χ4n) is 0.991. The first-order valence-corrected chi connectivity index (χ1v) is 4.19. The minimum absolute atomic E-state index is 0.104. The standard InChI is InChI=1S/C9H10N2O2/c10-8-7(2-1-5-11-8)9(12)13-6-3-4-6/h1-2,5-6H,3-4H2,(H2,10,11). The van der Waals surface area contributed by atoms with Gasteiger partial charge in [0.25, 0.3) is 0 Å². The number of hydrogen-bond acceptors (Lipinski definition) is 4.